The van der Waals surface area contributed by atoms with Crippen molar-refractivity contribution in [2.24, 2.45) is 16.8 Å². The van der Waals surface area contributed by atoms with Gasteiger partial charge in [0.05, 0.1) is 18.0 Å². The number of likely N-dealkylation sites (tertiary alicyclic amines) is 1. The van der Waals surface area contributed by atoms with Crippen LogP contribution < -0.4 is 21.1 Å². The standard InChI is InChI=1S/C15H22N4O4S/c1-10(19-8-6-11(7-9-19)14(16)20)15(21)18-12-2-4-13(5-3-12)24(17,22)23/h2-5,10-11H,6-9H2,1H3,(H2,16,20)(H,18,21)(H2,17,22,23)/p+1/t10-/m1/s1. The van der Waals surface area contributed by atoms with Crippen molar-refractivity contribution >= 4 is 27.5 Å². The molecule has 9 heteroatoms. The summed E-state index contributed by atoms with van der Waals surface area (Å²) < 4.78 is 22.4. The molecule has 1 heterocycles. The predicted molar refractivity (Wildman–Crippen MR) is 88.5 cm³/mol. The zero-order valence-corrected chi connectivity index (χ0v) is 14.3. The molecule has 1 fully saturated rings. The average molecular weight is 355 g/mol. The molecule has 6 N–H and O–H groups in total. The number of amides is 2. The minimum absolute atomic E-state index is 0.00676. The summed E-state index contributed by atoms with van der Waals surface area (Å²) in [6.07, 6.45) is 1.37. The Morgan fingerprint density at radius 3 is 2.21 bits per heavy atom. The van der Waals surface area contributed by atoms with Crippen LogP contribution in [-0.2, 0) is 19.6 Å². The first-order chi connectivity index (χ1) is 11.2. The molecular formula is C15H23N4O4S+. The number of piperidine rings is 1. The van der Waals surface area contributed by atoms with E-state index < -0.39 is 10.0 Å². The Hall–Kier alpha value is -1.97. The number of quaternary nitrogens is 1. The maximum absolute atomic E-state index is 12.3. The number of anilines is 1. The van der Waals surface area contributed by atoms with Crippen molar-refractivity contribution in [1.29, 1.82) is 0 Å². The van der Waals surface area contributed by atoms with Crippen LogP contribution >= 0.6 is 0 Å². The Labute approximate surface area is 141 Å². The van der Waals surface area contributed by atoms with Gasteiger partial charge in [-0.3, -0.25) is 9.59 Å². The van der Waals surface area contributed by atoms with Gasteiger partial charge in [-0.15, -0.1) is 0 Å². The van der Waals surface area contributed by atoms with Gasteiger partial charge in [0, 0.05) is 24.4 Å². The van der Waals surface area contributed by atoms with E-state index in [-0.39, 0.29) is 28.7 Å². The van der Waals surface area contributed by atoms with E-state index in [4.69, 9.17) is 10.9 Å². The van der Waals surface area contributed by atoms with Crippen molar-refractivity contribution in [3.63, 3.8) is 0 Å². The summed E-state index contributed by atoms with van der Waals surface area (Å²) in [7, 11) is -3.75. The summed E-state index contributed by atoms with van der Waals surface area (Å²) >= 11 is 0. The first-order valence-corrected chi connectivity index (χ1v) is 9.30. The van der Waals surface area contributed by atoms with Crippen LogP contribution in [-0.4, -0.2) is 39.4 Å². The van der Waals surface area contributed by atoms with Gasteiger partial charge in [-0.1, -0.05) is 0 Å². The maximum atomic E-state index is 12.3. The van der Waals surface area contributed by atoms with Gasteiger partial charge in [-0.05, 0) is 31.2 Å². The quantitative estimate of drug-likeness (QED) is 0.508. The number of rotatable bonds is 5. The van der Waals surface area contributed by atoms with Gasteiger partial charge < -0.3 is 16.0 Å². The number of carbonyl (C=O) groups is 2. The summed E-state index contributed by atoms with van der Waals surface area (Å²) in [6.45, 7) is 3.26. The number of nitrogens with two attached hydrogens (primary N) is 2. The van der Waals surface area contributed by atoms with Crippen LogP contribution in [0.3, 0.4) is 0 Å². The van der Waals surface area contributed by atoms with E-state index in [0.29, 0.717) is 31.6 Å². The second kappa shape index (κ2) is 7.29. The van der Waals surface area contributed by atoms with E-state index in [1.165, 1.54) is 24.3 Å². The molecule has 1 aromatic carbocycles. The molecule has 1 atom stereocenters. The Balaban J connectivity index is 1.93. The fraction of sp³-hybridized carbons (Fsp3) is 0.467. The molecule has 1 saturated heterocycles. The monoisotopic (exact) mass is 355 g/mol. The van der Waals surface area contributed by atoms with Crippen LogP contribution in [0.25, 0.3) is 0 Å². The first kappa shape index (κ1) is 18.4. The minimum atomic E-state index is -3.75. The highest BCUT2D eigenvalue weighted by atomic mass is 32.2. The molecule has 0 saturated carbocycles. The molecule has 0 aliphatic carbocycles. The average Bonchev–Trinajstić information content (AvgIpc) is 2.54. The van der Waals surface area contributed by atoms with Crippen molar-refractivity contribution in [3.8, 4) is 0 Å². The van der Waals surface area contributed by atoms with Gasteiger partial charge in [-0.25, -0.2) is 13.6 Å². The fourth-order valence-corrected chi connectivity index (χ4v) is 3.39. The van der Waals surface area contributed by atoms with E-state index in [1.54, 1.807) is 0 Å². The van der Waals surface area contributed by atoms with Crippen molar-refractivity contribution in [2.45, 2.75) is 30.7 Å². The van der Waals surface area contributed by atoms with E-state index in [1.807, 2.05) is 6.92 Å². The Kier molecular flexibility index (Phi) is 5.58. The van der Waals surface area contributed by atoms with E-state index in [9.17, 15) is 18.0 Å². The lowest BCUT2D eigenvalue weighted by molar-refractivity contribution is -0.919. The number of hydrogen-bond acceptors (Lipinski definition) is 4. The third kappa shape index (κ3) is 4.53. The number of benzene rings is 1. The predicted octanol–water partition coefficient (Wildman–Crippen LogP) is -1.56. The number of primary sulfonamides is 1. The largest absolute Gasteiger partial charge is 0.369 e. The number of primary amides is 1. The molecule has 0 aromatic heterocycles. The molecule has 0 unspecified atom stereocenters. The van der Waals surface area contributed by atoms with E-state index in [2.05, 4.69) is 5.32 Å². The number of sulfonamides is 1. The normalized spacial score (nSPS) is 22.6. The lowest BCUT2D eigenvalue weighted by Gasteiger charge is -2.31. The van der Waals surface area contributed by atoms with Gasteiger partial charge in [0.15, 0.2) is 6.04 Å². The summed E-state index contributed by atoms with van der Waals surface area (Å²) in [5.74, 6) is -0.540. The second-order valence-electron chi connectivity index (χ2n) is 6.12. The molecule has 0 bridgehead atoms. The Morgan fingerprint density at radius 1 is 1.21 bits per heavy atom. The summed E-state index contributed by atoms with van der Waals surface area (Å²) in [6, 6.07) is 5.41. The van der Waals surface area contributed by atoms with Gasteiger partial charge in [-0.2, -0.15) is 0 Å². The zero-order valence-electron chi connectivity index (χ0n) is 13.5. The van der Waals surface area contributed by atoms with Crippen LogP contribution in [0.2, 0.25) is 0 Å². The summed E-state index contributed by atoms with van der Waals surface area (Å²) in [5.41, 5.74) is 5.82. The van der Waals surface area contributed by atoms with Crippen molar-refractivity contribution in [2.75, 3.05) is 18.4 Å². The Morgan fingerprint density at radius 2 is 1.75 bits per heavy atom. The van der Waals surface area contributed by atoms with E-state index in [0.717, 1.165) is 4.90 Å². The third-order valence-electron chi connectivity index (χ3n) is 4.49. The molecule has 1 aliphatic heterocycles. The van der Waals surface area contributed by atoms with E-state index >= 15 is 0 Å². The van der Waals surface area contributed by atoms with Crippen LogP contribution in [0, 0.1) is 5.92 Å². The minimum Gasteiger partial charge on any atom is -0.369 e. The molecule has 1 aliphatic rings. The molecular weight excluding hydrogens is 332 g/mol. The van der Waals surface area contributed by atoms with Gasteiger partial charge in [0.25, 0.3) is 5.91 Å². The number of hydrogen-bond donors (Lipinski definition) is 4. The van der Waals surface area contributed by atoms with Crippen LogP contribution in [0.4, 0.5) is 5.69 Å². The summed E-state index contributed by atoms with van der Waals surface area (Å²) in [4.78, 5) is 24.6. The number of carbonyl (C=O) groups excluding carboxylic acids is 2. The van der Waals surface area contributed by atoms with Crippen molar-refractivity contribution in [3.05, 3.63) is 24.3 Å². The van der Waals surface area contributed by atoms with Crippen LogP contribution in [0.15, 0.2) is 29.2 Å². The maximum Gasteiger partial charge on any atom is 0.282 e. The second-order valence-corrected chi connectivity index (χ2v) is 7.68. The topological polar surface area (TPSA) is 137 Å². The number of nitrogens with one attached hydrogen (secondary N) is 2. The molecule has 8 nitrogen and oxygen atoms in total. The zero-order chi connectivity index (χ0) is 17.9. The van der Waals surface area contributed by atoms with Gasteiger partial charge in [0.1, 0.15) is 0 Å². The third-order valence-corrected chi connectivity index (χ3v) is 5.42. The summed E-state index contributed by atoms with van der Waals surface area (Å²) in [5, 5.41) is 7.80. The van der Waals surface area contributed by atoms with Crippen molar-refractivity contribution in [1.82, 2.24) is 0 Å². The lowest BCUT2D eigenvalue weighted by Crippen LogP contribution is -3.17. The SMILES string of the molecule is C[C@H](C(=O)Nc1ccc(S(N)(=O)=O)cc1)[NH+]1CCC(C(N)=O)CC1. The fourth-order valence-electron chi connectivity index (χ4n) is 2.87. The molecule has 0 spiro atoms. The highest BCUT2D eigenvalue weighted by Crippen LogP contribution is 2.13. The van der Waals surface area contributed by atoms with Crippen LogP contribution in [0.1, 0.15) is 19.8 Å². The molecule has 2 amide bonds. The van der Waals surface area contributed by atoms with Gasteiger partial charge >= 0.3 is 0 Å². The molecule has 1 aromatic rings. The molecule has 132 valence electrons. The molecule has 0 radical (unpaired) electrons. The lowest BCUT2D eigenvalue weighted by atomic mass is 9.95. The smallest absolute Gasteiger partial charge is 0.282 e. The van der Waals surface area contributed by atoms with Crippen molar-refractivity contribution < 1.29 is 22.9 Å². The highest BCUT2D eigenvalue weighted by Gasteiger charge is 2.32. The molecule has 2 rings (SSSR count). The van der Waals surface area contributed by atoms with Gasteiger partial charge in [0.2, 0.25) is 15.9 Å². The first-order valence-electron chi connectivity index (χ1n) is 7.76. The molecule has 24 heavy (non-hydrogen) atoms. The van der Waals surface area contributed by atoms with Crippen LogP contribution in [0.5, 0.6) is 0 Å². The Bertz CT molecular complexity index is 709. The highest BCUT2D eigenvalue weighted by molar-refractivity contribution is 7.89.